The van der Waals surface area contributed by atoms with Crippen LogP contribution in [0.5, 0.6) is 0 Å². The predicted octanol–water partition coefficient (Wildman–Crippen LogP) is 5.76. The lowest BCUT2D eigenvalue weighted by atomic mass is 9.94. The number of aliphatic hydroxyl groups is 1. The van der Waals surface area contributed by atoms with Gasteiger partial charge in [0.05, 0.1) is 0 Å². The highest BCUT2D eigenvalue weighted by Crippen LogP contribution is 2.42. The van der Waals surface area contributed by atoms with Crippen molar-refractivity contribution in [1.82, 2.24) is 9.47 Å². The SMILES string of the molecule is Cc1c(-c2ccccc2F)c(C(=O)N(C)CC(C)(C)CO)n(Cc2ccccc2)c1C(F)(F)F. The summed E-state index contributed by atoms with van der Waals surface area (Å²) in [5.74, 6) is -1.40. The van der Waals surface area contributed by atoms with Crippen molar-refractivity contribution in [2.75, 3.05) is 20.2 Å². The third-order valence-electron chi connectivity index (χ3n) is 5.74. The number of rotatable bonds is 7. The van der Waals surface area contributed by atoms with Gasteiger partial charge in [0.25, 0.3) is 5.91 Å². The summed E-state index contributed by atoms with van der Waals surface area (Å²) in [6.07, 6.45) is -4.78. The Morgan fingerprint density at radius 1 is 1.03 bits per heavy atom. The molecule has 0 unspecified atom stereocenters. The second-order valence-electron chi connectivity index (χ2n) is 9.23. The topological polar surface area (TPSA) is 45.5 Å². The molecule has 0 bridgehead atoms. The third-order valence-corrected chi connectivity index (χ3v) is 5.74. The van der Waals surface area contributed by atoms with Crippen molar-refractivity contribution >= 4 is 5.91 Å². The quantitative estimate of drug-likeness (QED) is 0.441. The van der Waals surface area contributed by atoms with Crippen LogP contribution in [0.2, 0.25) is 0 Å². The van der Waals surface area contributed by atoms with Crippen LogP contribution in [-0.4, -0.2) is 40.7 Å². The minimum atomic E-state index is -4.78. The Labute approximate surface area is 196 Å². The zero-order valence-corrected chi connectivity index (χ0v) is 19.6. The summed E-state index contributed by atoms with van der Waals surface area (Å²) in [4.78, 5) is 15.0. The predicted molar refractivity (Wildman–Crippen MR) is 123 cm³/mol. The Bertz CT molecular complexity index is 1170. The molecule has 0 aliphatic rings. The van der Waals surface area contributed by atoms with Crippen molar-refractivity contribution in [1.29, 1.82) is 0 Å². The van der Waals surface area contributed by atoms with E-state index in [4.69, 9.17) is 0 Å². The number of carbonyl (C=O) groups is 1. The van der Waals surface area contributed by atoms with Gasteiger partial charge < -0.3 is 14.6 Å². The van der Waals surface area contributed by atoms with Gasteiger partial charge in [0.1, 0.15) is 17.2 Å². The molecule has 34 heavy (non-hydrogen) atoms. The first-order chi connectivity index (χ1) is 15.9. The van der Waals surface area contributed by atoms with Crippen molar-refractivity contribution in [2.45, 2.75) is 33.5 Å². The molecule has 4 nitrogen and oxygen atoms in total. The maximum Gasteiger partial charge on any atom is 0.431 e. The maximum atomic E-state index is 14.8. The summed E-state index contributed by atoms with van der Waals surface area (Å²) in [6.45, 7) is 4.40. The van der Waals surface area contributed by atoms with E-state index in [-0.39, 0.29) is 42.1 Å². The molecule has 0 saturated heterocycles. The normalized spacial score (nSPS) is 12.1. The van der Waals surface area contributed by atoms with Crippen LogP contribution in [0.4, 0.5) is 17.6 Å². The fourth-order valence-corrected chi connectivity index (χ4v) is 4.20. The van der Waals surface area contributed by atoms with Gasteiger partial charge in [0.2, 0.25) is 0 Å². The number of hydrogen-bond acceptors (Lipinski definition) is 2. The lowest BCUT2D eigenvalue weighted by molar-refractivity contribution is -0.143. The number of halogens is 4. The number of amides is 1. The third kappa shape index (κ3) is 5.17. The zero-order chi connectivity index (χ0) is 25.3. The number of alkyl halides is 3. The number of hydrogen-bond donors (Lipinski definition) is 1. The second-order valence-corrected chi connectivity index (χ2v) is 9.23. The smallest absolute Gasteiger partial charge is 0.396 e. The summed E-state index contributed by atoms with van der Waals surface area (Å²) in [6, 6.07) is 14.0. The summed E-state index contributed by atoms with van der Waals surface area (Å²) < 4.78 is 58.8. The van der Waals surface area contributed by atoms with Crippen molar-refractivity contribution in [3.8, 4) is 11.1 Å². The number of aliphatic hydroxyl groups excluding tert-OH is 1. The van der Waals surface area contributed by atoms with Crippen LogP contribution in [0.3, 0.4) is 0 Å². The van der Waals surface area contributed by atoms with Crippen LogP contribution < -0.4 is 0 Å². The van der Waals surface area contributed by atoms with Crippen LogP contribution in [0.15, 0.2) is 54.6 Å². The van der Waals surface area contributed by atoms with Gasteiger partial charge >= 0.3 is 6.18 Å². The molecule has 0 spiro atoms. The average molecular weight is 477 g/mol. The standard InChI is InChI=1S/C26H28F4N2O2/c1-17-21(19-12-8-9-13-20(19)27)22(24(34)31(4)15-25(2,3)16-33)32(23(17)26(28,29)30)14-18-10-6-5-7-11-18/h5-13,33H,14-16H2,1-4H3. The van der Waals surface area contributed by atoms with Crippen LogP contribution in [0, 0.1) is 18.2 Å². The summed E-state index contributed by atoms with van der Waals surface area (Å²) in [5.41, 5.74) is -1.72. The first kappa shape index (κ1) is 25.5. The van der Waals surface area contributed by atoms with Crippen LogP contribution in [-0.2, 0) is 12.7 Å². The fraction of sp³-hybridized carbons (Fsp3) is 0.346. The lowest BCUT2D eigenvalue weighted by Crippen LogP contribution is -2.39. The molecule has 0 fully saturated rings. The summed E-state index contributed by atoms with van der Waals surface area (Å²) >= 11 is 0. The number of carbonyl (C=O) groups excluding carboxylic acids is 1. The van der Waals surface area contributed by atoms with Crippen LogP contribution in [0.25, 0.3) is 11.1 Å². The molecule has 0 radical (unpaired) electrons. The van der Waals surface area contributed by atoms with Gasteiger partial charge in [-0.15, -0.1) is 0 Å². The maximum absolute atomic E-state index is 14.8. The van der Waals surface area contributed by atoms with E-state index >= 15 is 0 Å². The van der Waals surface area contributed by atoms with E-state index in [2.05, 4.69) is 0 Å². The minimum absolute atomic E-state index is 0.0736. The van der Waals surface area contributed by atoms with E-state index < -0.39 is 29.0 Å². The van der Waals surface area contributed by atoms with Crippen LogP contribution in [0.1, 0.15) is 41.2 Å². The Kier molecular flexibility index (Phi) is 7.21. The van der Waals surface area contributed by atoms with Gasteiger partial charge in [-0.1, -0.05) is 62.4 Å². The molecule has 3 rings (SSSR count). The van der Waals surface area contributed by atoms with E-state index in [1.165, 1.54) is 37.1 Å². The highest BCUT2D eigenvalue weighted by atomic mass is 19.4. The van der Waals surface area contributed by atoms with Gasteiger partial charge in [-0.2, -0.15) is 13.2 Å². The molecule has 1 N–H and O–H groups in total. The van der Waals surface area contributed by atoms with Gasteiger partial charge in [0, 0.05) is 43.3 Å². The summed E-state index contributed by atoms with van der Waals surface area (Å²) in [7, 11) is 1.47. The van der Waals surface area contributed by atoms with E-state index in [1.807, 2.05) is 0 Å². The van der Waals surface area contributed by atoms with Crippen molar-refractivity contribution in [2.24, 2.45) is 5.41 Å². The molecule has 182 valence electrons. The molecule has 0 atom stereocenters. The highest BCUT2D eigenvalue weighted by molar-refractivity contribution is 6.01. The van der Waals surface area contributed by atoms with Crippen molar-refractivity contribution in [3.05, 3.63) is 82.9 Å². The molecular weight excluding hydrogens is 448 g/mol. The molecule has 3 aromatic rings. The molecule has 2 aromatic carbocycles. The zero-order valence-electron chi connectivity index (χ0n) is 19.6. The molecule has 0 saturated carbocycles. The van der Waals surface area contributed by atoms with Gasteiger partial charge in [0.15, 0.2) is 0 Å². The molecule has 1 heterocycles. The Hall–Kier alpha value is -3.13. The Morgan fingerprint density at radius 2 is 1.62 bits per heavy atom. The van der Waals surface area contributed by atoms with Crippen molar-refractivity contribution < 1.29 is 27.5 Å². The van der Waals surface area contributed by atoms with E-state index in [9.17, 15) is 27.5 Å². The van der Waals surface area contributed by atoms with Crippen LogP contribution >= 0.6 is 0 Å². The van der Waals surface area contributed by atoms with E-state index in [0.29, 0.717) is 5.56 Å². The fourth-order valence-electron chi connectivity index (χ4n) is 4.20. The minimum Gasteiger partial charge on any atom is -0.396 e. The largest absolute Gasteiger partial charge is 0.431 e. The van der Waals surface area contributed by atoms with Crippen molar-refractivity contribution in [3.63, 3.8) is 0 Å². The Morgan fingerprint density at radius 3 is 2.18 bits per heavy atom. The molecule has 0 aliphatic heterocycles. The molecular formula is C26H28F4N2O2. The van der Waals surface area contributed by atoms with Gasteiger partial charge in [-0.05, 0) is 24.1 Å². The average Bonchev–Trinajstić information content (AvgIpc) is 3.05. The lowest BCUT2D eigenvalue weighted by Gasteiger charge is -2.29. The number of nitrogens with zero attached hydrogens (tertiary/aromatic N) is 2. The van der Waals surface area contributed by atoms with Gasteiger partial charge in [-0.25, -0.2) is 4.39 Å². The molecule has 1 amide bonds. The summed E-state index contributed by atoms with van der Waals surface area (Å²) in [5, 5.41) is 9.63. The monoisotopic (exact) mass is 476 g/mol. The highest BCUT2D eigenvalue weighted by Gasteiger charge is 2.42. The first-order valence-corrected chi connectivity index (χ1v) is 10.8. The first-order valence-electron chi connectivity index (χ1n) is 10.8. The second kappa shape index (κ2) is 9.62. The van der Waals surface area contributed by atoms with E-state index in [0.717, 1.165) is 10.6 Å². The number of benzene rings is 2. The van der Waals surface area contributed by atoms with Gasteiger partial charge in [-0.3, -0.25) is 4.79 Å². The molecule has 8 heteroatoms. The Balaban J connectivity index is 2.33. The van der Waals surface area contributed by atoms with E-state index in [1.54, 1.807) is 44.2 Å². The molecule has 0 aliphatic carbocycles. The number of aromatic nitrogens is 1. The molecule has 1 aromatic heterocycles.